The molecule has 0 radical (unpaired) electrons. The maximum Gasteiger partial charge on any atom is 2.00 e. The average Bonchev–Trinajstić information content (AvgIpc) is 0.811. The quantitative estimate of drug-likeness (QED) is 0.393. The first-order chi connectivity index (χ1) is 1.73. The molecule has 36 valence electrons. The molecule has 6 heteroatoms. The third-order valence-corrected chi connectivity index (χ3v) is 0. The third-order valence-electron chi connectivity index (χ3n) is 0. The molecule has 0 heterocycles. The minimum absolute atomic E-state index is 0. The van der Waals surface area contributed by atoms with Crippen molar-refractivity contribution in [2.75, 3.05) is 0 Å². The summed E-state index contributed by atoms with van der Waals surface area (Å²) in [5.74, 6) is 0. The Morgan fingerprint density at radius 1 is 1.17 bits per heavy atom. The smallest absolute Gasteiger partial charge is 1.00 e. The summed E-state index contributed by atoms with van der Waals surface area (Å²) in [6.07, 6.45) is 0. The van der Waals surface area contributed by atoms with E-state index < -0.39 is 7.32 Å². The van der Waals surface area contributed by atoms with Gasteiger partial charge in [0.05, 0.1) is 0 Å². The van der Waals surface area contributed by atoms with E-state index in [1.807, 2.05) is 0 Å². The summed E-state index contributed by atoms with van der Waals surface area (Å²) in [4.78, 5) is 0. The van der Waals surface area contributed by atoms with E-state index in [-0.39, 0.29) is 60.7 Å². The summed E-state index contributed by atoms with van der Waals surface area (Å²) in [7, 11) is -2.17. The Labute approximate surface area is 82.2 Å². The average molecular weight is 188 g/mol. The van der Waals surface area contributed by atoms with Crippen molar-refractivity contribution in [2.45, 2.75) is 0 Å². The van der Waals surface area contributed by atoms with E-state index in [0.29, 0.717) is 0 Å². The fourth-order valence-electron chi connectivity index (χ4n) is 0. The SMILES string of the molecule is Cl.OB(O)O.[H-].[H-].[Sr+2]. The molecule has 3 N–H and O–H groups in total. The Morgan fingerprint density at radius 3 is 1.17 bits per heavy atom. The summed E-state index contributed by atoms with van der Waals surface area (Å²) < 4.78 is 0. The van der Waals surface area contributed by atoms with Crippen molar-refractivity contribution in [1.82, 2.24) is 0 Å². The molecule has 0 aromatic rings. The van der Waals surface area contributed by atoms with Gasteiger partial charge in [-0.15, -0.1) is 12.4 Å². The first kappa shape index (κ1) is 15.6. The van der Waals surface area contributed by atoms with Crippen LogP contribution in [0.1, 0.15) is 2.85 Å². The van der Waals surface area contributed by atoms with Gasteiger partial charge in [-0.1, -0.05) is 0 Å². The van der Waals surface area contributed by atoms with E-state index >= 15 is 0 Å². The molecule has 0 bridgehead atoms. The first-order valence-corrected chi connectivity index (χ1v) is 0.775. The third kappa shape index (κ3) is 43.2. The molecule has 0 amide bonds. The van der Waals surface area contributed by atoms with Crippen molar-refractivity contribution in [2.24, 2.45) is 0 Å². The largest absolute Gasteiger partial charge is 2.00 e. The molecule has 0 spiro atoms. The molecular formula is H6BClO3Sr. The van der Waals surface area contributed by atoms with Crippen LogP contribution in [0.25, 0.3) is 0 Å². The molecule has 0 aromatic heterocycles. The van der Waals surface area contributed by atoms with Crippen LogP contribution in [0, 0.1) is 0 Å². The van der Waals surface area contributed by atoms with Crippen LogP contribution in [0.4, 0.5) is 0 Å². The van der Waals surface area contributed by atoms with Gasteiger partial charge in [0.1, 0.15) is 0 Å². The Morgan fingerprint density at radius 2 is 1.17 bits per heavy atom. The first-order valence-electron chi connectivity index (χ1n) is 0.775. The maximum absolute atomic E-state index is 7.17. The number of rotatable bonds is 0. The standard InChI is InChI=1S/BH3O3.ClH.Sr.2H/c2-1(3)4;;;;/h2-4H;1H;;;/q;;+2;2*-1. The monoisotopic (exact) mass is 188 g/mol. The van der Waals surface area contributed by atoms with E-state index in [1.54, 1.807) is 0 Å². The summed E-state index contributed by atoms with van der Waals surface area (Å²) in [6, 6.07) is 0. The molecule has 0 unspecified atom stereocenters. The number of hydrogen-bond acceptors (Lipinski definition) is 3. The van der Waals surface area contributed by atoms with Crippen LogP contribution in [0.15, 0.2) is 0 Å². The summed E-state index contributed by atoms with van der Waals surface area (Å²) in [5.41, 5.74) is 0. The molecule has 0 fully saturated rings. The normalized spacial score (nSPS) is 4.50. The minimum atomic E-state index is -2.17. The second kappa shape index (κ2) is 9.87. The number of halogens is 1. The van der Waals surface area contributed by atoms with Gasteiger partial charge >= 0.3 is 52.8 Å². The molecule has 0 saturated heterocycles. The fraction of sp³-hybridized carbons (Fsp3) is 0. The molecule has 0 aliphatic carbocycles. The molecule has 0 aliphatic heterocycles. The fourth-order valence-corrected chi connectivity index (χ4v) is 0. The molecule has 0 atom stereocenters. The zero-order chi connectivity index (χ0) is 3.58. The molecular weight excluding hydrogens is 182 g/mol. The molecule has 3 nitrogen and oxygen atoms in total. The van der Waals surface area contributed by atoms with Crippen molar-refractivity contribution in [3.63, 3.8) is 0 Å². The summed E-state index contributed by atoms with van der Waals surface area (Å²) in [5, 5.41) is 21.5. The van der Waals surface area contributed by atoms with Crippen LogP contribution >= 0.6 is 12.4 Å². The predicted molar refractivity (Wildman–Crippen MR) is 27.6 cm³/mol. The van der Waals surface area contributed by atoms with Gasteiger partial charge in [0.2, 0.25) is 0 Å². The topological polar surface area (TPSA) is 60.7 Å². The predicted octanol–water partition coefficient (Wildman–Crippen LogP) is -1.79. The van der Waals surface area contributed by atoms with E-state index in [9.17, 15) is 0 Å². The van der Waals surface area contributed by atoms with Gasteiger partial charge in [-0.25, -0.2) is 0 Å². The minimum Gasteiger partial charge on any atom is -1.00 e. The van der Waals surface area contributed by atoms with Crippen LogP contribution < -0.4 is 0 Å². The van der Waals surface area contributed by atoms with Crippen molar-refractivity contribution in [3.8, 4) is 0 Å². The zero-order valence-corrected chi connectivity index (χ0v) is 7.33. The van der Waals surface area contributed by atoms with Crippen molar-refractivity contribution >= 4 is 65.2 Å². The van der Waals surface area contributed by atoms with Crippen molar-refractivity contribution < 1.29 is 17.9 Å². The molecule has 0 aliphatic rings. The Kier molecular flexibility index (Phi) is 25.7. The van der Waals surface area contributed by atoms with Gasteiger partial charge in [-0.3, -0.25) is 0 Å². The Bertz CT molecular complexity index is 22.0. The maximum atomic E-state index is 7.17. The molecule has 0 saturated carbocycles. The van der Waals surface area contributed by atoms with Gasteiger partial charge < -0.3 is 17.9 Å². The van der Waals surface area contributed by atoms with Crippen LogP contribution in [-0.4, -0.2) is 67.9 Å². The second-order valence-electron chi connectivity index (χ2n) is 0.346. The van der Waals surface area contributed by atoms with E-state index in [2.05, 4.69) is 0 Å². The summed E-state index contributed by atoms with van der Waals surface area (Å²) in [6.45, 7) is 0. The Hall–Kier alpha value is 1.72. The molecule has 0 aromatic carbocycles. The summed E-state index contributed by atoms with van der Waals surface area (Å²) >= 11 is 0. The van der Waals surface area contributed by atoms with Crippen molar-refractivity contribution in [1.29, 1.82) is 0 Å². The van der Waals surface area contributed by atoms with E-state index in [1.165, 1.54) is 0 Å². The van der Waals surface area contributed by atoms with Crippen LogP contribution in [0.3, 0.4) is 0 Å². The second-order valence-corrected chi connectivity index (χ2v) is 0.346. The van der Waals surface area contributed by atoms with Crippen LogP contribution in [-0.2, 0) is 0 Å². The van der Waals surface area contributed by atoms with Gasteiger partial charge in [0.25, 0.3) is 0 Å². The van der Waals surface area contributed by atoms with E-state index in [4.69, 9.17) is 15.1 Å². The van der Waals surface area contributed by atoms with Gasteiger partial charge in [0.15, 0.2) is 0 Å². The number of hydrogen-bond donors (Lipinski definition) is 3. The van der Waals surface area contributed by atoms with Gasteiger partial charge in [-0.05, 0) is 0 Å². The molecule has 6 heavy (non-hydrogen) atoms. The van der Waals surface area contributed by atoms with Crippen molar-refractivity contribution in [3.05, 3.63) is 0 Å². The van der Waals surface area contributed by atoms with Crippen LogP contribution in [0.2, 0.25) is 0 Å². The van der Waals surface area contributed by atoms with Gasteiger partial charge in [-0.2, -0.15) is 0 Å². The zero-order valence-electron chi connectivity index (χ0n) is 5.03. The molecule has 0 rings (SSSR count). The van der Waals surface area contributed by atoms with E-state index in [0.717, 1.165) is 0 Å². The Balaban J connectivity index is -0.00000000750. The van der Waals surface area contributed by atoms with Crippen LogP contribution in [0.5, 0.6) is 0 Å². The van der Waals surface area contributed by atoms with Gasteiger partial charge in [0, 0.05) is 0 Å².